The summed E-state index contributed by atoms with van der Waals surface area (Å²) in [5.74, 6) is -0.324. The first-order chi connectivity index (χ1) is 8.17. The minimum absolute atomic E-state index is 0.219. The summed E-state index contributed by atoms with van der Waals surface area (Å²) < 4.78 is 10.4. The Morgan fingerprint density at radius 3 is 2.76 bits per heavy atom. The van der Waals surface area contributed by atoms with E-state index in [0.717, 1.165) is 6.42 Å². The van der Waals surface area contributed by atoms with E-state index in [1.54, 1.807) is 6.07 Å². The van der Waals surface area contributed by atoms with Gasteiger partial charge in [-0.1, -0.05) is 6.92 Å². The van der Waals surface area contributed by atoms with Gasteiger partial charge in [-0.3, -0.25) is 4.79 Å². The fourth-order valence-corrected chi connectivity index (χ4v) is 1.19. The third-order valence-electron chi connectivity index (χ3n) is 1.94. The number of carboxylic acid groups (broad SMARTS) is 1. The molecule has 0 aliphatic heterocycles. The predicted octanol–water partition coefficient (Wildman–Crippen LogP) is 1.75. The van der Waals surface area contributed by atoms with Crippen molar-refractivity contribution in [2.24, 2.45) is 0 Å². The number of carboxylic acids is 1. The second-order valence-corrected chi connectivity index (χ2v) is 3.35. The Morgan fingerprint density at radius 1 is 1.41 bits per heavy atom. The first-order valence-electron chi connectivity index (χ1n) is 5.24. The van der Waals surface area contributed by atoms with Gasteiger partial charge in [0.25, 0.3) is 0 Å². The minimum atomic E-state index is -1.10. The van der Waals surface area contributed by atoms with Crippen LogP contribution in [0.2, 0.25) is 0 Å². The summed E-state index contributed by atoms with van der Waals surface area (Å²) in [6.07, 6.45) is 1.47. The predicted molar refractivity (Wildman–Crippen MR) is 60.7 cm³/mol. The molecule has 1 N–H and O–H groups in total. The SMILES string of the molecule is CCCOc1ccc(C=O)c(OCC(=O)O)c1. The van der Waals surface area contributed by atoms with Crippen molar-refractivity contribution in [3.8, 4) is 11.5 Å². The molecule has 0 unspecified atom stereocenters. The zero-order valence-corrected chi connectivity index (χ0v) is 9.51. The van der Waals surface area contributed by atoms with Gasteiger partial charge < -0.3 is 14.6 Å². The Bertz CT molecular complexity index is 400. The third-order valence-corrected chi connectivity index (χ3v) is 1.94. The van der Waals surface area contributed by atoms with Crippen LogP contribution in [-0.4, -0.2) is 30.6 Å². The maximum atomic E-state index is 10.7. The topological polar surface area (TPSA) is 72.8 Å². The summed E-state index contributed by atoms with van der Waals surface area (Å²) in [5.41, 5.74) is 0.301. The van der Waals surface area contributed by atoms with E-state index in [1.165, 1.54) is 12.1 Å². The first-order valence-corrected chi connectivity index (χ1v) is 5.24. The van der Waals surface area contributed by atoms with E-state index in [9.17, 15) is 9.59 Å². The number of hydrogen-bond donors (Lipinski definition) is 1. The van der Waals surface area contributed by atoms with Crippen LogP contribution in [0.5, 0.6) is 11.5 Å². The Balaban J connectivity index is 2.81. The molecule has 1 aromatic rings. The molecule has 0 atom stereocenters. The molecule has 17 heavy (non-hydrogen) atoms. The van der Waals surface area contributed by atoms with E-state index < -0.39 is 12.6 Å². The van der Waals surface area contributed by atoms with Gasteiger partial charge in [-0.15, -0.1) is 0 Å². The number of carbonyl (C=O) groups is 2. The van der Waals surface area contributed by atoms with Gasteiger partial charge in [0.15, 0.2) is 12.9 Å². The van der Waals surface area contributed by atoms with E-state index >= 15 is 0 Å². The van der Waals surface area contributed by atoms with Crippen molar-refractivity contribution in [1.29, 1.82) is 0 Å². The summed E-state index contributed by atoms with van der Waals surface area (Å²) in [6.45, 7) is 2.04. The van der Waals surface area contributed by atoms with Gasteiger partial charge in [0.2, 0.25) is 0 Å². The molecule has 0 aromatic heterocycles. The van der Waals surface area contributed by atoms with Gasteiger partial charge in [-0.2, -0.15) is 0 Å². The number of rotatable bonds is 7. The Kier molecular flexibility index (Phi) is 5.00. The molecule has 0 amide bonds. The lowest BCUT2D eigenvalue weighted by atomic mass is 10.2. The Labute approximate surface area is 99.0 Å². The number of hydrogen-bond acceptors (Lipinski definition) is 4. The lowest BCUT2D eigenvalue weighted by molar-refractivity contribution is -0.139. The number of carbonyl (C=O) groups excluding carboxylic acids is 1. The number of benzene rings is 1. The van der Waals surface area contributed by atoms with Crippen molar-refractivity contribution in [2.45, 2.75) is 13.3 Å². The van der Waals surface area contributed by atoms with Gasteiger partial charge >= 0.3 is 5.97 Å². The van der Waals surface area contributed by atoms with Gasteiger partial charge in [-0.05, 0) is 18.6 Å². The van der Waals surface area contributed by atoms with Crippen molar-refractivity contribution in [1.82, 2.24) is 0 Å². The quantitative estimate of drug-likeness (QED) is 0.732. The normalized spacial score (nSPS) is 9.71. The highest BCUT2D eigenvalue weighted by Crippen LogP contribution is 2.23. The van der Waals surface area contributed by atoms with Crippen molar-refractivity contribution in [3.63, 3.8) is 0 Å². The second-order valence-electron chi connectivity index (χ2n) is 3.35. The number of aliphatic carboxylic acids is 1. The monoisotopic (exact) mass is 238 g/mol. The number of aldehydes is 1. The maximum absolute atomic E-state index is 10.7. The molecule has 0 saturated carbocycles. The van der Waals surface area contributed by atoms with Crippen LogP contribution in [0.15, 0.2) is 18.2 Å². The zero-order valence-electron chi connectivity index (χ0n) is 9.51. The van der Waals surface area contributed by atoms with Crippen LogP contribution in [0, 0.1) is 0 Å². The molecule has 0 radical (unpaired) electrons. The molecule has 0 spiro atoms. The first kappa shape index (κ1) is 13.0. The molecule has 92 valence electrons. The maximum Gasteiger partial charge on any atom is 0.341 e. The largest absolute Gasteiger partial charge is 0.493 e. The average Bonchev–Trinajstić information content (AvgIpc) is 2.33. The van der Waals surface area contributed by atoms with E-state index in [0.29, 0.717) is 24.2 Å². The van der Waals surface area contributed by atoms with Gasteiger partial charge in [0.1, 0.15) is 11.5 Å². The Morgan fingerprint density at radius 2 is 2.18 bits per heavy atom. The molecule has 0 saturated heterocycles. The van der Waals surface area contributed by atoms with Crippen molar-refractivity contribution >= 4 is 12.3 Å². The molecular weight excluding hydrogens is 224 g/mol. The summed E-state index contributed by atoms with van der Waals surface area (Å²) >= 11 is 0. The molecule has 1 aromatic carbocycles. The second kappa shape index (κ2) is 6.52. The average molecular weight is 238 g/mol. The highest BCUT2D eigenvalue weighted by molar-refractivity contribution is 5.80. The summed E-state index contributed by atoms with van der Waals surface area (Å²) in [7, 11) is 0. The molecule has 0 aliphatic carbocycles. The van der Waals surface area contributed by atoms with Gasteiger partial charge in [-0.25, -0.2) is 4.79 Å². The van der Waals surface area contributed by atoms with Crippen LogP contribution >= 0.6 is 0 Å². The highest BCUT2D eigenvalue weighted by atomic mass is 16.5. The van der Waals surface area contributed by atoms with E-state index in [-0.39, 0.29) is 5.75 Å². The lowest BCUT2D eigenvalue weighted by Crippen LogP contribution is -2.10. The lowest BCUT2D eigenvalue weighted by Gasteiger charge is -2.09. The molecule has 0 heterocycles. The third kappa shape index (κ3) is 4.14. The molecule has 1 rings (SSSR count). The summed E-state index contributed by atoms with van der Waals surface area (Å²) in [6, 6.07) is 4.70. The van der Waals surface area contributed by atoms with Crippen LogP contribution in [0.25, 0.3) is 0 Å². The van der Waals surface area contributed by atoms with Crippen LogP contribution in [-0.2, 0) is 4.79 Å². The molecule has 0 bridgehead atoms. The fourth-order valence-electron chi connectivity index (χ4n) is 1.19. The fraction of sp³-hybridized carbons (Fsp3) is 0.333. The Hall–Kier alpha value is -2.04. The molecule has 0 fully saturated rings. The van der Waals surface area contributed by atoms with Crippen LogP contribution < -0.4 is 9.47 Å². The minimum Gasteiger partial charge on any atom is -0.493 e. The van der Waals surface area contributed by atoms with Crippen LogP contribution in [0.1, 0.15) is 23.7 Å². The number of ether oxygens (including phenoxy) is 2. The smallest absolute Gasteiger partial charge is 0.341 e. The molecule has 0 aliphatic rings. The van der Waals surface area contributed by atoms with E-state index in [2.05, 4.69) is 0 Å². The van der Waals surface area contributed by atoms with Gasteiger partial charge in [0.05, 0.1) is 12.2 Å². The molecule has 5 nitrogen and oxygen atoms in total. The summed E-state index contributed by atoms with van der Waals surface area (Å²) in [4.78, 5) is 21.1. The summed E-state index contributed by atoms with van der Waals surface area (Å²) in [5, 5.41) is 8.50. The van der Waals surface area contributed by atoms with Gasteiger partial charge in [0, 0.05) is 6.07 Å². The highest BCUT2D eigenvalue weighted by Gasteiger charge is 2.07. The molecule has 5 heteroatoms. The van der Waals surface area contributed by atoms with Crippen LogP contribution in [0.4, 0.5) is 0 Å². The van der Waals surface area contributed by atoms with E-state index in [4.69, 9.17) is 14.6 Å². The zero-order chi connectivity index (χ0) is 12.7. The van der Waals surface area contributed by atoms with Crippen molar-refractivity contribution in [2.75, 3.05) is 13.2 Å². The molecular formula is C12H14O5. The van der Waals surface area contributed by atoms with Crippen molar-refractivity contribution < 1.29 is 24.2 Å². The van der Waals surface area contributed by atoms with Crippen LogP contribution in [0.3, 0.4) is 0 Å². The van der Waals surface area contributed by atoms with E-state index in [1.807, 2.05) is 6.92 Å². The van der Waals surface area contributed by atoms with Crippen molar-refractivity contribution in [3.05, 3.63) is 23.8 Å². The standard InChI is InChI=1S/C12H14O5/c1-2-5-16-10-4-3-9(7-13)11(6-10)17-8-12(14)15/h3-4,6-7H,2,5,8H2,1H3,(H,14,15).